The van der Waals surface area contributed by atoms with Crippen molar-refractivity contribution in [3.8, 4) is 22.3 Å². The average Bonchev–Trinajstić information content (AvgIpc) is 2.63. The second-order valence-corrected chi connectivity index (χ2v) is 5.77. The number of benzene rings is 2. The monoisotopic (exact) mass is 296 g/mol. The van der Waals surface area contributed by atoms with Gasteiger partial charge in [0.15, 0.2) is 12.4 Å². The van der Waals surface area contributed by atoms with Crippen LogP contribution < -0.4 is 4.40 Å². The van der Waals surface area contributed by atoms with Gasteiger partial charge in [-0.25, -0.2) is 0 Å². The predicted molar refractivity (Wildman–Crippen MR) is 95.2 cm³/mol. The summed E-state index contributed by atoms with van der Waals surface area (Å²) >= 11 is 0. The lowest BCUT2D eigenvalue weighted by Crippen LogP contribution is -2.22. The number of aryl methyl sites for hydroxylation is 1. The molecule has 1 heteroatoms. The first-order valence-corrected chi connectivity index (χ1v) is 7.89. The second-order valence-electron chi connectivity index (χ2n) is 5.77. The summed E-state index contributed by atoms with van der Waals surface area (Å²) in [5.41, 5.74) is 7.62. The van der Waals surface area contributed by atoms with Crippen LogP contribution in [0, 0.1) is 6.92 Å². The number of aromatic nitrogens is 1. The molecule has 23 heavy (non-hydrogen) atoms. The van der Waals surface area contributed by atoms with Crippen LogP contribution in [0.3, 0.4) is 0 Å². The molecular formula is C22H18N+. The van der Waals surface area contributed by atoms with Crippen LogP contribution in [0.2, 0.25) is 0 Å². The molecule has 2 heterocycles. The van der Waals surface area contributed by atoms with Gasteiger partial charge < -0.3 is 0 Å². The molecule has 1 nitrogen and oxygen atoms in total. The maximum absolute atomic E-state index is 2.24. The minimum atomic E-state index is 1.24. The van der Waals surface area contributed by atoms with E-state index in [4.69, 9.17) is 0 Å². The number of hydrogen-bond donors (Lipinski definition) is 0. The molecule has 0 spiro atoms. The Hall–Kier alpha value is -2.93. The Morgan fingerprint density at radius 1 is 0.652 bits per heavy atom. The Labute approximate surface area is 136 Å². The third kappa shape index (κ3) is 2.40. The zero-order valence-electron chi connectivity index (χ0n) is 13.1. The Kier molecular flexibility index (Phi) is 3.39. The van der Waals surface area contributed by atoms with Crippen molar-refractivity contribution < 1.29 is 4.40 Å². The number of fused-ring (bicyclic) bond motifs is 1. The lowest BCUT2D eigenvalue weighted by atomic mass is 9.92. The van der Waals surface area contributed by atoms with Crippen molar-refractivity contribution in [1.29, 1.82) is 0 Å². The minimum Gasteiger partial charge on any atom is -0.166 e. The number of hydrogen-bond acceptors (Lipinski definition) is 0. The van der Waals surface area contributed by atoms with Crippen molar-refractivity contribution in [3.63, 3.8) is 0 Å². The van der Waals surface area contributed by atoms with Gasteiger partial charge in [0.25, 0.3) is 0 Å². The van der Waals surface area contributed by atoms with E-state index in [9.17, 15) is 0 Å². The molecule has 0 radical (unpaired) electrons. The van der Waals surface area contributed by atoms with Crippen LogP contribution in [-0.4, -0.2) is 0 Å². The van der Waals surface area contributed by atoms with E-state index >= 15 is 0 Å². The quantitative estimate of drug-likeness (QED) is 0.455. The highest BCUT2D eigenvalue weighted by Crippen LogP contribution is 2.34. The highest BCUT2D eigenvalue weighted by molar-refractivity contribution is 5.87. The zero-order valence-corrected chi connectivity index (χ0v) is 13.1. The molecule has 110 valence electrons. The van der Waals surface area contributed by atoms with Crippen molar-refractivity contribution in [2.75, 3.05) is 0 Å². The highest BCUT2D eigenvalue weighted by atomic mass is 14.8. The molecule has 4 aromatic rings. The van der Waals surface area contributed by atoms with Crippen molar-refractivity contribution in [1.82, 2.24) is 0 Å². The molecule has 0 aliphatic carbocycles. The van der Waals surface area contributed by atoms with E-state index in [0.29, 0.717) is 0 Å². The van der Waals surface area contributed by atoms with Gasteiger partial charge in [-0.05, 0) is 24.1 Å². The van der Waals surface area contributed by atoms with Crippen molar-refractivity contribution in [3.05, 3.63) is 96.8 Å². The van der Waals surface area contributed by atoms with Crippen LogP contribution in [0.15, 0.2) is 91.3 Å². The number of nitrogens with zero attached hydrogens (tertiary/aromatic N) is 1. The SMILES string of the molecule is Cc1c(-c2ccccc2)c(-c2ccccc2)c[n+]2ccccc12. The summed E-state index contributed by atoms with van der Waals surface area (Å²) in [6.45, 7) is 2.21. The van der Waals surface area contributed by atoms with Crippen molar-refractivity contribution in [2.45, 2.75) is 6.92 Å². The van der Waals surface area contributed by atoms with E-state index < -0.39 is 0 Å². The van der Waals surface area contributed by atoms with E-state index in [-0.39, 0.29) is 0 Å². The van der Waals surface area contributed by atoms with Gasteiger partial charge in [0.1, 0.15) is 0 Å². The molecule has 0 atom stereocenters. The molecule has 0 amide bonds. The molecule has 0 saturated heterocycles. The van der Waals surface area contributed by atoms with E-state index in [1.165, 1.54) is 33.3 Å². The summed E-state index contributed by atoms with van der Waals surface area (Å²) in [7, 11) is 0. The lowest BCUT2D eigenvalue weighted by Gasteiger charge is -2.12. The molecule has 2 aromatic carbocycles. The summed E-state index contributed by atoms with van der Waals surface area (Å²) in [6, 6.07) is 27.6. The lowest BCUT2D eigenvalue weighted by molar-refractivity contribution is -0.511. The summed E-state index contributed by atoms with van der Waals surface area (Å²) in [5.74, 6) is 0. The van der Waals surface area contributed by atoms with Gasteiger partial charge in [-0.15, -0.1) is 0 Å². The van der Waals surface area contributed by atoms with Gasteiger partial charge in [0.05, 0.1) is 5.56 Å². The standard InChI is InChI=1S/C22H18N/c1-17-21-14-8-9-15-23(21)16-20(18-10-4-2-5-11-18)22(17)19-12-6-3-7-13-19/h2-16H,1H3/q+1. The summed E-state index contributed by atoms with van der Waals surface area (Å²) in [5, 5.41) is 0. The first-order valence-electron chi connectivity index (χ1n) is 7.89. The molecular weight excluding hydrogens is 278 g/mol. The largest absolute Gasteiger partial charge is 0.214 e. The first-order chi connectivity index (χ1) is 11.3. The number of pyridine rings is 2. The van der Waals surface area contributed by atoms with Crippen molar-refractivity contribution in [2.24, 2.45) is 0 Å². The molecule has 0 unspecified atom stereocenters. The summed E-state index contributed by atoms with van der Waals surface area (Å²) in [6.07, 6.45) is 4.35. The molecule has 0 aliphatic heterocycles. The molecule has 0 N–H and O–H groups in total. The van der Waals surface area contributed by atoms with Crippen molar-refractivity contribution >= 4 is 5.52 Å². The Bertz CT molecular complexity index is 957. The molecule has 4 rings (SSSR count). The van der Waals surface area contributed by atoms with Crippen LogP contribution >= 0.6 is 0 Å². The zero-order chi connectivity index (χ0) is 15.6. The van der Waals surface area contributed by atoms with Gasteiger partial charge in [-0.1, -0.05) is 60.7 Å². The maximum Gasteiger partial charge on any atom is 0.214 e. The van der Waals surface area contributed by atoms with Gasteiger partial charge in [-0.2, -0.15) is 4.40 Å². The smallest absolute Gasteiger partial charge is 0.166 e. The van der Waals surface area contributed by atoms with Crippen LogP contribution in [0.4, 0.5) is 0 Å². The second kappa shape index (κ2) is 5.69. The topological polar surface area (TPSA) is 4.10 Å². The van der Waals surface area contributed by atoms with Crippen LogP contribution in [-0.2, 0) is 0 Å². The van der Waals surface area contributed by atoms with Gasteiger partial charge >= 0.3 is 0 Å². The van der Waals surface area contributed by atoms with E-state index in [1.54, 1.807) is 0 Å². The fraction of sp³-hybridized carbons (Fsp3) is 0.0455. The Balaban J connectivity index is 2.11. The Morgan fingerprint density at radius 3 is 1.96 bits per heavy atom. The van der Waals surface area contributed by atoms with E-state index in [2.05, 4.69) is 103 Å². The predicted octanol–water partition coefficient (Wildman–Crippen LogP) is 5.07. The van der Waals surface area contributed by atoms with Crippen LogP contribution in [0.25, 0.3) is 27.8 Å². The van der Waals surface area contributed by atoms with Crippen LogP contribution in [0.5, 0.6) is 0 Å². The van der Waals surface area contributed by atoms with Gasteiger partial charge in [-0.3, -0.25) is 0 Å². The van der Waals surface area contributed by atoms with E-state index in [0.717, 1.165) is 0 Å². The van der Waals surface area contributed by atoms with E-state index in [1.807, 2.05) is 0 Å². The highest BCUT2D eigenvalue weighted by Gasteiger charge is 2.18. The fourth-order valence-electron chi connectivity index (χ4n) is 3.23. The fourth-order valence-corrected chi connectivity index (χ4v) is 3.23. The number of rotatable bonds is 2. The normalized spacial score (nSPS) is 10.8. The molecule has 0 fully saturated rings. The van der Waals surface area contributed by atoms with Gasteiger partial charge in [0, 0.05) is 23.3 Å². The molecule has 0 aliphatic rings. The third-order valence-corrected chi connectivity index (χ3v) is 4.33. The van der Waals surface area contributed by atoms with Crippen LogP contribution in [0.1, 0.15) is 5.56 Å². The first kappa shape index (κ1) is 13.7. The molecule has 0 bridgehead atoms. The minimum absolute atomic E-state index is 1.24. The molecule has 0 saturated carbocycles. The Morgan fingerprint density at radius 2 is 1.26 bits per heavy atom. The third-order valence-electron chi connectivity index (χ3n) is 4.33. The summed E-state index contributed by atoms with van der Waals surface area (Å²) < 4.78 is 2.21. The molecule has 2 aromatic heterocycles. The maximum atomic E-state index is 2.24. The average molecular weight is 296 g/mol. The van der Waals surface area contributed by atoms with Gasteiger partial charge in [0.2, 0.25) is 5.52 Å². The summed E-state index contributed by atoms with van der Waals surface area (Å²) in [4.78, 5) is 0.